The van der Waals surface area contributed by atoms with Gasteiger partial charge in [0.2, 0.25) is 0 Å². The van der Waals surface area contributed by atoms with Crippen LogP contribution in [-0.2, 0) is 10.8 Å². The van der Waals surface area contributed by atoms with Crippen molar-refractivity contribution >= 4 is 108 Å². The lowest BCUT2D eigenvalue weighted by Gasteiger charge is -2.28. The predicted octanol–water partition coefficient (Wildman–Crippen LogP) is 25.8. The first-order chi connectivity index (χ1) is 45.1. The summed E-state index contributed by atoms with van der Waals surface area (Å²) in [5.41, 5.74) is 25.0. The fourth-order valence-corrected chi connectivity index (χ4v) is 16.9. The Morgan fingerprint density at radius 2 is 0.554 bits per heavy atom. The Morgan fingerprint density at radius 3 is 1.01 bits per heavy atom. The molecule has 2 heterocycles. The van der Waals surface area contributed by atoms with Gasteiger partial charge in [-0.05, 0) is 204 Å². The van der Waals surface area contributed by atoms with Gasteiger partial charge in [-0.2, -0.15) is 0 Å². The Morgan fingerprint density at radius 1 is 0.217 bits per heavy atom. The van der Waals surface area contributed by atoms with Crippen molar-refractivity contribution in [2.24, 2.45) is 0 Å². The molecule has 0 atom stereocenters. The lowest BCUT2D eigenvalue weighted by molar-refractivity contribution is 0.661. The summed E-state index contributed by atoms with van der Waals surface area (Å²) in [7, 11) is 0. The molecule has 18 rings (SSSR count). The minimum absolute atomic E-state index is 0.111. The second kappa shape index (κ2) is 22.1. The van der Waals surface area contributed by atoms with E-state index in [1.165, 1.54) is 135 Å². The zero-order valence-corrected chi connectivity index (χ0v) is 53.4. The Kier molecular flexibility index (Phi) is 13.3. The van der Waals surface area contributed by atoms with Crippen LogP contribution >= 0.6 is 22.7 Å². The molecule has 438 valence electrons. The Hall–Kier alpha value is -10.6. The molecule has 92 heavy (non-hydrogen) atoms. The second-order valence-corrected chi connectivity index (χ2v) is 27.8. The van der Waals surface area contributed by atoms with Crippen LogP contribution in [0.25, 0.3) is 107 Å². The molecule has 2 nitrogen and oxygen atoms in total. The average Bonchev–Trinajstić information content (AvgIpc) is 1.57. The molecule has 0 bridgehead atoms. The highest BCUT2D eigenvalue weighted by atomic mass is 32.1. The monoisotopic (exact) mass is 1210 g/mol. The summed E-state index contributed by atoms with van der Waals surface area (Å²) in [6.45, 7) is 9.53. The molecule has 2 aliphatic carbocycles. The number of thiophene rings is 2. The van der Waals surface area contributed by atoms with Crippen molar-refractivity contribution in [2.75, 3.05) is 9.80 Å². The van der Waals surface area contributed by atoms with Crippen LogP contribution < -0.4 is 9.80 Å². The minimum Gasteiger partial charge on any atom is -0.310 e. The summed E-state index contributed by atoms with van der Waals surface area (Å²) in [4.78, 5) is 4.78. The molecular formula is C88H64N2S2. The van der Waals surface area contributed by atoms with Crippen LogP contribution in [0.2, 0.25) is 0 Å². The van der Waals surface area contributed by atoms with E-state index in [1.807, 2.05) is 22.7 Å². The minimum atomic E-state index is -0.127. The molecule has 0 amide bonds. The SMILES string of the molecule is CC1(C)c2cc(N(c3ccc(-c4ccccc4)cc3)c3ccc(-c4ccccc4)cc3)ccc2-c2cc3sc4ccccc4c3cc21.CC1(C)c2cc(N(c3ccccc3)c3ccc(-c4ccc5ccccc5c4)cc3)ccc2-c2cc3sc4ccccc4c3cc21. The third-order valence-electron chi connectivity index (χ3n) is 19.5. The van der Waals surface area contributed by atoms with E-state index in [0.29, 0.717) is 0 Å². The molecule has 0 fully saturated rings. The highest BCUT2D eigenvalue weighted by Crippen LogP contribution is 2.55. The Balaban J connectivity index is 0.000000141. The lowest BCUT2D eigenvalue weighted by atomic mass is 9.82. The number of rotatable bonds is 9. The van der Waals surface area contributed by atoms with Crippen LogP contribution in [0.15, 0.2) is 315 Å². The van der Waals surface area contributed by atoms with E-state index in [-0.39, 0.29) is 10.8 Å². The molecule has 2 aliphatic rings. The summed E-state index contributed by atoms with van der Waals surface area (Å²) in [5, 5.41) is 7.97. The molecule has 0 radical (unpaired) electrons. The molecule has 0 aliphatic heterocycles. The highest BCUT2D eigenvalue weighted by molar-refractivity contribution is 7.26. The average molecular weight is 1210 g/mol. The molecule has 2 aromatic heterocycles. The van der Waals surface area contributed by atoms with Crippen LogP contribution in [-0.4, -0.2) is 0 Å². The number of hydrogen-bond donors (Lipinski definition) is 0. The standard InChI is InChI=1S/C45H33NS.C43H31NS/c1-45(2)41-27-36(25-26-37(41)39-29-44-40(28-42(39)45)38-15-9-10-16-43(38)47-44)46(34-21-17-32(18-22-34)30-11-5-3-6-12-30)35-23-19-33(20-24-35)31-13-7-4-8-14-31;1-43(2)39-25-34(22-23-35(39)37-27-42-38(26-40(37)43)36-14-8-9-15-41(36)45-42)44(32-12-4-3-5-13-32)33-20-18-29(19-21-33)31-17-16-28-10-6-7-11-30(28)24-31/h3-29H,1-2H3;3-27H,1-2H3. The van der Waals surface area contributed by atoms with Crippen LogP contribution in [0.4, 0.5) is 34.1 Å². The molecule has 14 aromatic carbocycles. The fourth-order valence-electron chi connectivity index (χ4n) is 14.7. The molecule has 0 saturated carbocycles. The first kappa shape index (κ1) is 55.4. The van der Waals surface area contributed by atoms with Gasteiger partial charge in [0.15, 0.2) is 0 Å². The van der Waals surface area contributed by atoms with Gasteiger partial charge in [0.1, 0.15) is 0 Å². The van der Waals surface area contributed by atoms with E-state index in [2.05, 4.69) is 353 Å². The van der Waals surface area contributed by atoms with Gasteiger partial charge in [0.05, 0.1) is 0 Å². The van der Waals surface area contributed by atoms with Gasteiger partial charge >= 0.3 is 0 Å². The Bertz CT molecular complexity index is 5410. The van der Waals surface area contributed by atoms with Gasteiger partial charge < -0.3 is 9.80 Å². The number of benzene rings is 14. The maximum atomic E-state index is 2.46. The Labute approximate surface area is 545 Å². The van der Waals surface area contributed by atoms with Gasteiger partial charge in [0.25, 0.3) is 0 Å². The van der Waals surface area contributed by atoms with Gasteiger partial charge in [-0.3, -0.25) is 0 Å². The molecule has 0 saturated heterocycles. The van der Waals surface area contributed by atoms with Crippen molar-refractivity contribution in [2.45, 2.75) is 38.5 Å². The number of anilines is 6. The highest BCUT2D eigenvalue weighted by Gasteiger charge is 2.38. The lowest BCUT2D eigenvalue weighted by Crippen LogP contribution is -2.16. The second-order valence-electron chi connectivity index (χ2n) is 25.6. The number of fused-ring (bicyclic) bond motifs is 13. The zero-order valence-electron chi connectivity index (χ0n) is 51.7. The van der Waals surface area contributed by atoms with Gasteiger partial charge in [-0.25, -0.2) is 0 Å². The van der Waals surface area contributed by atoms with Crippen molar-refractivity contribution in [3.63, 3.8) is 0 Å². The van der Waals surface area contributed by atoms with E-state index >= 15 is 0 Å². The number of para-hydroxylation sites is 1. The molecule has 0 unspecified atom stereocenters. The van der Waals surface area contributed by atoms with E-state index in [0.717, 1.165) is 28.4 Å². The van der Waals surface area contributed by atoms with Crippen molar-refractivity contribution in [3.8, 4) is 55.6 Å². The van der Waals surface area contributed by atoms with Crippen molar-refractivity contribution in [1.82, 2.24) is 0 Å². The topological polar surface area (TPSA) is 6.48 Å². The molecule has 0 N–H and O–H groups in total. The van der Waals surface area contributed by atoms with Crippen molar-refractivity contribution in [3.05, 3.63) is 338 Å². The fraction of sp³-hybridized carbons (Fsp3) is 0.0682. The van der Waals surface area contributed by atoms with Crippen molar-refractivity contribution in [1.29, 1.82) is 0 Å². The molecule has 16 aromatic rings. The molecule has 4 heteroatoms. The third kappa shape index (κ3) is 9.43. The van der Waals surface area contributed by atoms with Gasteiger partial charge in [-0.1, -0.05) is 228 Å². The van der Waals surface area contributed by atoms with E-state index in [1.54, 1.807) is 0 Å². The quantitative estimate of drug-likeness (QED) is 0.142. The summed E-state index contributed by atoms with van der Waals surface area (Å²) in [6.07, 6.45) is 0. The zero-order chi connectivity index (χ0) is 61.7. The summed E-state index contributed by atoms with van der Waals surface area (Å²) in [6, 6.07) is 116. The summed E-state index contributed by atoms with van der Waals surface area (Å²) >= 11 is 3.79. The van der Waals surface area contributed by atoms with E-state index in [9.17, 15) is 0 Å². The van der Waals surface area contributed by atoms with E-state index in [4.69, 9.17) is 0 Å². The van der Waals surface area contributed by atoms with Crippen molar-refractivity contribution < 1.29 is 0 Å². The van der Waals surface area contributed by atoms with Gasteiger partial charge in [-0.15, -0.1) is 22.7 Å². The number of hydrogen-bond acceptors (Lipinski definition) is 4. The maximum Gasteiger partial charge on any atom is 0.0465 e. The third-order valence-corrected chi connectivity index (χ3v) is 21.8. The first-order valence-corrected chi connectivity index (χ1v) is 33.5. The van der Waals surface area contributed by atoms with Crippen LogP contribution in [0.1, 0.15) is 49.9 Å². The van der Waals surface area contributed by atoms with Crippen LogP contribution in [0, 0.1) is 0 Å². The predicted molar refractivity (Wildman–Crippen MR) is 397 cm³/mol. The van der Waals surface area contributed by atoms with E-state index < -0.39 is 0 Å². The number of nitrogens with zero attached hydrogens (tertiary/aromatic N) is 2. The first-order valence-electron chi connectivity index (χ1n) is 31.9. The van der Waals surface area contributed by atoms with Crippen LogP contribution in [0.3, 0.4) is 0 Å². The van der Waals surface area contributed by atoms with Gasteiger partial charge in [0, 0.05) is 85.3 Å². The smallest absolute Gasteiger partial charge is 0.0465 e. The summed E-state index contributed by atoms with van der Waals surface area (Å²) < 4.78 is 5.43. The normalized spacial score (nSPS) is 13.2. The van der Waals surface area contributed by atoms with Crippen LogP contribution in [0.5, 0.6) is 0 Å². The molecule has 0 spiro atoms. The largest absolute Gasteiger partial charge is 0.310 e. The summed E-state index contributed by atoms with van der Waals surface area (Å²) in [5.74, 6) is 0. The maximum absolute atomic E-state index is 2.46. The molecular weight excluding hydrogens is 1150 g/mol.